The Balaban J connectivity index is 2.21. The Morgan fingerprint density at radius 2 is 2.00 bits per heavy atom. The van der Waals surface area contributed by atoms with E-state index in [1.165, 1.54) is 4.68 Å². The predicted molar refractivity (Wildman–Crippen MR) is 73.1 cm³/mol. The highest BCUT2D eigenvalue weighted by molar-refractivity contribution is 6.01. The van der Waals surface area contributed by atoms with Crippen molar-refractivity contribution in [1.29, 1.82) is 0 Å². The highest BCUT2D eigenvalue weighted by Gasteiger charge is 2.16. The number of benzene rings is 1. The third-order valence-corrected chi connectivity index (χ3v) is 3.03. The van der Waals surface area contributed by atoms with Crippen LogP contribution >= 0.6 is 0 Å². The summed E-state index contributed by atoms with van der Waals surface area (Å²) in [6, 6.07) is 6.50. The molecule has 106 valence electrons. The zero-order valence-corrected chi connectivity index (χ0v) is 11.1. The molecule has 0 aliphatic rings. The molecule has 2 heterocycles. The fourth-order valence-electron chi connectivity index (χ4n) is 2.12. The van der Waals surface area contributed by atoms with Gasteiger partial charge in [-0.05, 0) is 6.07 Å². The van der Waals surface area contributed by atoms with Crippen molar-refractivity contribution >= 4 is 16.7 Å². The molecule has 3 rings (SSSR count). The van der Waals surface area contributed by atoms with Crippen LogP contribution in [0.3, 0.4) is 0 Å². The van der Waals surface area contributed by atoms with Crippen LogP contribution in [0, 0.1) is 0 Å². The van der Waals surface area contributed by atoms with E-state index in [9.17, 15) is 14.7 Å². The van der Waals surface area contributed by atoms with Gasteiger partial charge in [0.25, 0.3) is 5.56 Å². The number of aromatic carboxylic acids is 1. The predicted octanol–water partition coefficient (Wildman–Crippen LogP) is 0.271. The SMILES string of the molecule is Cn1cc(Cn2nc(C(=O)O)c3ccccc3c2=O)nn1. The lowest BCUT2D eigenvalue weighted by atomic mass is 10.1. The molecule has 0 spiro atoms. The van der Waals surface area contributed by atoms with Gasteiger partial charge in [-0.15, -0.1) is 5.10 Å². The number of nitrogens with zero attached hydrogens (tertiary/aromatic N) is 5. The van der Waals surface area contributed by atoms with Gasteiger partial charge in [-0.25, -0.2) is 9.48 Å². The molecule has 0 aliphatic carbocycles. The van der Waals surface area contributed by atoms with Crippen LogP contribution in [-0.4, -0.2) is 35.9 Å². The number of fused-ring (bicyclic) bond motifs is 1. The van der Waals surface area contributed by atoms with Gasteiger partial charge in [-0.1, -0.05) is 23.4 Å². The maximum atomic E-state index is 12.4. The van der Waals surface area contributed by atoms with Crippen LogP contribution < -0.4 is 5.56 Å². The molecule has 0 saturated carbocycles. The summed E-state index contributed by atoms with van der Waals surface area (Å²) in [4.78, 5) is 23.7. The average molecular weight is 285 g/mol. The van der Waals surface area contributed by atoms with E-state index in [1.807, 2.05) is 0 Å². The Hall–Kier alpha value is -3.03. The van der Waals surface area contributed by atoms with Crippen molar-refractivity contribution in [2.45, 2.75) is 6.54 Å². The highest BCUT2D eigenvalue weighted by Crippen LogP contribution is 2.13. The van der Waals surface area contributed by atoms with Crippen molar-refractivity contribution in [3.05, 3.63) is 52.2 Å². The first kappa shape index (κ1) is 13.0. The van der Waals surface area contributed by atoms with E-state index in [4.69, 9.17) is 0 Å². The van der Waals surface area contributed by atoms with Gasteiger partial charge < -0.3 is 5.11 Å². The second-order valence-electron chi connectivity index (χ2n) is 4.55. The molecule has 0 aliphatic heterocycles. The van der Waals surface area contributed by atoms with E-state index in [0.717, 1.165) is 4.68 Å². The van der Waals surface area contributed by atoms with E-state index >= 15 is 0 Å². The number of rotatable bonds is 3. The standard InChI is InChI=1S/C13H11N5O3/c1-17-6-8(14-16-17)7-18-12(19)10-5-3-2-4-9(10)11(15-18)13(20)21/h2-6H,7H2,1H3,(H,20,21). The first-order valence-electron chi connectivity index (χ1n) is 6.14. The summed E-state index contributed by atoms with van der Waals surface area (Å²) in [6.45, 7) is 0.0672. The molecular weight excluding hydrogens is 274 g/mol. The van der Waals surface area contributed by atoms with Crippen molar-refractivity contribution in [2.24, 2.45) is 7.05 Å². The molecule has 8 nitrogen and oxygen atoms in total. The number of carboxylic acids is 1. The highest BCUT2D eigenvalue weighted by atomic mass is 16.4. The van der Waals surface area contributed by atoms with Crippen molar-refractivity contribution in [1.82, 2.24) is 24.8 Å². The normalized spacial score (nSPS) is 10.9. The lowest BCUT2D eigenvalue weighted by molar-refractivity contribution is 0.0690. The lowest BCUT2D eigenvalue weighted by Gasteiger charge is -2.07. The van der Waals surface area contributed by atoms with Gasteiger partial charge in [0.05, 0.1) is 18.1 Å². The molecular formula is C13H11N5O3. The quantitative estimate of drug-likeness (QED) is 0.741. The first-order chi connectivity index (χ1) is 10.1. The summed E-state index contributed by atoms with van der Waals surface area (Å²) < 4.78 is 2.59. The Bertz CT molecular complexity index is 896. The van der Waals surface area contributed by atoms with Crippen molar-refractivity contribution < 1.29 is 9.90 Å². The molecule has 1 aromatic carbocycles. The zero-order chi connectivity index (χ0) is 15.0. The second kappa shape index (κ2) is 4.82. The van der Waals surface area contributed by atoms with Gasteiger partial charge in [0.1, 0.15) is 5.69 Å². The van der Waals surface area contributed by atoms with E-state index in [0.29, 0.717) is 16.5 Å². The van der Waals surface area contributed by atoms with Gasteiger partial charge >= 0.3 is 5.97 Å². The topological polar surface area (TPSA) is 103 Å². The van der Waals surface area contributed by atoms with Crippen LogP contribution in [0.15, 0.2) is 35.3 Å². The van der Waals surface area contributed by atoms with Crippen molar-refractivity contribution in [3.8, 4) is 0 Å². The number of carboxylic acid groups (broad SMARTS) is 1. The van der Waals surface area contributed by atoms with E-state index < -0.39 is 5.97 Å². The van der Waals surface area contributed by atoms with Gasteiger partial charge in [-0.3, -0.25) is 9.48 Å². The minimum atomic E-state index is -1.18. The van der Waals surface area contributed by atoms with Crippen LogP contribution in [0.25, 0.3) is 10.8 Å². The van der Waals surface area contributed by atoms with Crippen LogP contribution in [0.5, 0.6) is 0 Å². The Labute approximate surface area is 118 Å². The van der Waals surface area contributed by atoms with E-state index in [-0.39, 0.29) is 17.8 Å². The van der Waals surface area contributed by atoms with Crippen molar-refractivity contribution in [2.75, 3.05) is 0 Å². The van der Waals surface area contributed by atoms with Gasteiger partial charge in [0.15, 0.2) is 5.69 Å². The molecule has 2 aromatic heterocycles. The van der Waals surface area contributed by atoms with Gasteiger partial charge in [0, 0.05) is 12.4 Å². The molecule has 0 radical (unpaired) electrons. The maximum Gasteiger partial charge on any atom is 0.357 e. The molecule has 0 amide bonds. The van der Waals surface area contributed by atoms with E-state index in [1.54, 1.807) is 37.5 Å². The molecule has 0 bridgehead atoms. The number of aryl methyl sites for hydroxylation is 1. The zero-order valence-electron chi connectivity index (χ0n) is 11.1. The first-order valence-corrected chi connectivity index (χ1v) is 6.14. The fraction of sp³-hybridized carbons (Fsp3) is 0.154. The third-order valence-electron chi connectivity index (χ3n) is 3.03. The minimum absolute atomic E-state index is 0.0672. The maximum absolute atomic E-state index is 12.4. The van der Waals surface area contributed by atoms with Crippen LogP contribution in [-0.2, 0) is 13.6 Å². The number of hydrogen-bond donors (Lipinski definition) is 1. The Kier molecular flexibility index (Phi) is 2.98. The summed E-state index contributed by atoms with van der Waals surface area (Å²) in [5.41, 5.74) is 0.00839. The van der Waals surface area contributed by atoms with Gasteiger partial charge in [0.2, 0.25) is 0 Å². The average Bonchev–Trinajstić information content (AvgIpc) is 2.87. The number of hydrogen-bond acceptors (Lipinski definition) is 5. The monoisotopic (exact) mass is 285 g/mol. The van der Waals surface area contributed by atoms with Crippen LogP contribution in [0.1, 0.15) is 16.2 Å². The smallest absolute Gasteiger partial charge is 0.357 e. The number of carbonyl (C=O) groups is 1. The molecule has 8 heteroatoms. The fourth-order valence-corrected chi connectivity index (χ4v) is 2.12. The molecule has 1 N–H and O–H groups in total. The summed E-state index contributed by atoms with van der Waals surface area (Å²) in [5, 5.41) is 21.5. The number of aromatic nitrogens is 5. The largest absolute Gasteiger partial charge is 0.476 e. The minimum Gasteiger partial charge on any atom is -0.476 e. The van der Waals surface area contributed by atoms with E-state index in [2.05, 4.69) is 15.4 Å². The lowest BCUT2D eigenvalue weighted by Crippen LogP contribution is -2.26. The summed E-state index contributed by atoms with van der Waals surface area (Å²) in [5.74, 6) is -1.18. The molecule has 0 unspecified atom stereocenters. The summed E-state index contributed by atoms with van der Waals surface area (Å²) >= 11 is 0. The molecule has 3 aromatic rings. The third kappa shape index (κ3) is 2.27. The Morgan fingerprint density at radius 1 is 1.29 bits per heavy atom. The Morgan fingerprint density at radius 3 is 2.62 bits per heavy atom. The van der Waals surface area contributed by atoms with Crippen molar-refractivity contribution in [3.63, 3.8) is 0 Å². The summed E-state index contributed by atoms with van der Waals surface area (Å²) in [6.07, 6.45) is 1.64. The molecule has 21 heavy (non-hydrogen) atoms. The van der Waals surface area contributed by atoms with Crippen LogP contribution in [0.2, 0.25) is 0 Å². The summed E-state index contributed by atoms with van der Waals surface area (Å²) in [7, 11) is 1.70. The van der Waals surface area contributed by atoms with Crippen LogP contribution in [0.4, 0.5) is 0 Å². The molecule has 0 fully saturated rings. The van der Waals surface area contributed by atoms with Gasteiger partial charge in [-0.2, -0.15) is 5.10 Å². The second-order valence-corrected chi connectivity index (χ2v) is 4.55. The molecule has 0 atom stereocenters. The molecule has 0 saturated heterocycles.